The molecule has 1 aromatic rings. The van der Waals surface area contributed by atoms with E-state index in [1.54, 1.807) is 7.11 Å². The molecule has 1 fully saturated rings. The third-order valence-electron chi connectivity index (χ3n) is 5.13. The van der Waals surface area contributed by atoms with Gasteiger partial charge in [0.25, 0.3) is 0 Å². The van der Waals surface area contributed by atoms with E-state index in [0.29, 0.717) is 12.5 Å². The molecule has 1 heterocycles. The minimum absolute atomic E-state index is 0.0305. The van der Waals surface area contributed by atoms with Crippen molar-refractivity contribution in [2.24, 2.45) is 10.9 Å². The van der Waals surface area contributed by atoms with E-state index < -0.39 is 0 Å². The molecular formula is C21H36N4O2. The molecule has 0 aromatic heterocycles. The van der Waals surface area contributed by atoms with Gasteiger partial charge in [0.05, 0.1) is 13.7 Å². The number of aliphatic imine (C=N–C) groups is 1. The lowest BCUT2D eigenvalue weighted by molar-refractivity contribution is 0.221. The molecule has 6 heteroatoms. The third-order valence-corrected chi connectivity index (χ3v) is 5.13. The van der Waals surface area contributed by atoms with Gasteiger partial charge >= 0.3 is 0 Å². The molecule has 0 spiro atoms. The van der Waals surface area contributed by atoms with E-state index in [-0.39, 0.29) is 6.10 Å². The number of benzene rings is 1. The summed E-state index contributed by atoms with van der Waals surface area (Å²) < 4.78 is 11.2. The Morgan fingerprint density at radius 3 is 2.74 bits per heavy atom. The van der Waals surface area contributed by atoms with Gasteiger partial charge in [-0.1, -0.05) is 19.9 Å². The lowest BCUT2D eigenvalue weighted by Crippen LogP contribution is -2.44. The van der Waals surface area contributed by atoms with E-state index >= 15 is 0 Å². The van der Waals surface area contributed by atoms with Crippen LogP contribution in [0.15, 0.2) is 29.3 Å². The van der Waals surface area contributed by atoms with Crippen LogP contribution in [0.3, 0.4) is 0 Å². The van der Waals surface area contributed by atoms with Crippen LogP contribution >= 0.6 is 0 Å². The molecule has 0 saturated carbocycles. The topological polar surface area (TPSA) is 49.3 Å². The van der Waals surface area contributed by atoms with Crippen LogP contribution in [0, 0.1) is 5.92 Å². The smallest absolute Gasteiger partial charge is 0.193 e. The zero-order valence-electron chi connectivity index (χ0n) is 17.6. The van der Waals surface area contributed by atoms with Crippen LogP contribution in [-0.4, -0.2) is 75.3 Å². The molecule has 0 amide bonds. The molecule has 0 aliphatic carbocycles. The average molecular weight is 377 g/mol. The Kier molecular flexibility index (Phi) is 8.72. The van der Waals surface area contributed by atoms with Crippen molar-refractivity contribution in [1.29, 1.82) is 0 Å². The first-order valence-corrected chi connectivity index (χ1v) is 10.1. The van der Waals surface area contributed by atoms with Gasteiger partial charge < -0.3 is 24.6 Å². The molecule has 152 valence electrons. The zero-order valence-corrected chi connectivity index (χ0v) is 17.6. The molecule has 1 aliphatic heterocycles. The van der Waals surface area contributed by atoms with Crippen LogP contribution in [0.5, 0.6) is 11.5 Å². The van der Waals surface area contributed by atoms with E-state index in [4.69, 9.17) is 9.47 Å². The van der Waals surface area contributed by atoms with Crippen LogP contribution in [0.2, 0.25) is 0 Å². The number of guanidine groups is 1. The first-order chi connectivity index (χ1) is 13.1. The normalized spacial score (nSPS) is 18.7. The second-order valence-electron chi connectivity index (χ2n) is 7.12. The molecular weight excluding hydrogens is 340 g/mol. The summed E-state index contributed by atoms with van der Waals surface area (Å²) in [4.78, 5) is 9.35. The summed E-state index contributed by atoms with van der Waals surface area (Å²) in [6.07, 6.45) is 1.26. The van der Waals surface area contributed by atoms with E-state index in [0.717, 1.165) is 43.6 Å². The van der Waals surface area contributed by atoms with Gasteiger partial charge in [0, 0.05) is 32.7 Å². The number of ether oxygens (including phenoxy) is 2. The van der Waals surface area contributed by atoms with Gasteiger partial charge in [0.2, 0.25) is 0 Å². The SMILES string of the molecule is CCN(CC)CC1CCN(C(=NC)NCC(C)Oc2cccc(OC)c2)C1. The molecule has 2 unspecified atom stereocenters. The van der Waals surface area contributed by atoms with Crippen LogP contribution < -0.4 is 14.8 Å². The quantitative estimate of drug-likeness (QED) is 0.530. The highest BCUT2D eigenvalue weighted by Crippen LogP contribution is 2.20. The number of rotatable bonds is 9. The van der Waals surface area contributed by atoms with Gasteiger partial charge in [-0.3, -0.25) is 4.99 Å². The summed E-state index contributed by atoms with van der Waals surface area (Å²) in [7, 11) is 3.52. The highest BCUT2D eigenvalue weighted by atomic mass is 16.5. The van der Waals surface area contributed by atoms with Crippen LogP contribution in [0.25, 0.3) is 0 Å². The Labute approximate surface area is 164 Å². The molecule has 2 rings (SSSR count). The van der Waals surface area contributed by atoms with Gasteiger partial charge in [0.15, 0.2) is 5.96 Å². The predicted molar refractivity (Wildman–Crippen MR) is 112 cm³/mol. The minimum atomic E-state index is 0.0305. The van der Waals surface area contributed by atoms with E-state index in [1.807, 2.05) is 31.3 Å². The van der Waals surface area contributed by atoms with Crippen molar-refractivity contribution in [3.8, 4) is 11.5 Å². The molecule has 1 aromatic carbocycles. The van der Waals surface area contributed by atoms with E-state index in [9.17, 15) is 0 Å². The number of nitrogens with one attached hydrogen (secondary N) is 1. The number of hydrogen-bond acceptors (Lipinski definition) is 4. The van der Waals surface area contributed by atoms with Crippen molar-refractivity contribution in [3.05, 3.63) is 24.3 Å². The fraction of sp³-hybridized carbons (Fsp3) is 0.667. The summed E-state index contributed by atoms with van der Waals surface area (Å²) in [5.41, 5.74) is 0. The molecule has 6 nitrogen and oxygen atoms in total. The zero-order chi connectivity index (χ0) is 19.6. The summed E-state index contributed by atoms with van der Waals surface area (Å²) in [5, 5.41) is 3.47. The second kappa shape index (κ2) is 11.0. The maximum absolute atomic E-state index is 5.99. The van der Waals surface area contributed by atoms with Crippen molar-refractivity contribution in [2.75, 3.05) is 53.4 Å². The Bertz CT molecular complexity index is 589. The van der Waals surface area contributed by atoms with E-state index in [1.165, 1.54) is 13.0 Å². The average Bonchev–Trinajstić information content (AvgIpc) is 3.15. The molecule has 27 heavy (non-hydrogen) atoms. The molecule has 1 N–H and O–H groups in total. The van der Waals surface area contributed by atoms with E-state index in [2.05, 4.69) is 40.9 Å². The number of likely N-dealkylation sites (tertiary alicyclic amines) is 1. The molecule has 0 bridgehead atoms. The first kappa shape index (κ1) is 21.4. The number of nitrogens with zero attached hydrogens (tertiary/aromatic N) is 3. The van der Waals surface area contributed by atoms with Gasteiger partial charge in [-0.2, -0.15) is 0 Å². The Morgan fingerprint density at radius 1 is 1.33 bits per heavy atom. The van der Waals surface area contributed by atoms with Gasteiger partial charge in [-0.15, -0.1) is 0 Å². The summed E-state index contributed by atoms with van der Waals surface area (Å²) >= 11 is 0. The maximum atomic E-state index is 5.99. The Hall–Kier alpha value is -1.95. The van der Waals surface area contributed by atoms with Crippen LogP contribution in [0.4, 0.5) is 0 Å². The third kappa shape index (κ3) is 6.61. The monoisotopic (exact) mass is 376 g/mol. The van der Waals surface area contributed by atoms with Gasteiger partial charge in [-0.25, -0.2) is 0 Å². The number of methoxy groups -OCH3 is 1. The Balaban J connectivity index is 1.79. The summed E-state index contributed by atoms with van der Waals surface area (Å²) in [5.74, 6) is 3.31. The predicted octanol–water partition coefficient (Wildman–Crippen LogP) is 2.70. The summed E-state index contributed by atoms with van der Waals surface area (Å²) in [6.45, 7) is 12.8. The molecule has 0 radical (unpaired) electrons. The Morgan fingerprint density at radius 2 is 2.07 bits per heavy atom. The molecule has 1 aliphatic rings. The second-order valence-corrected chi connectivity index (χ2v) is 7.12. The largest absolute Gasteiger partial charge is 0.497 e. The van der Waals surface area contributed by atoms with Crippen molar-refractivity contribution < 1.29 is 9.47 Å². The van der Waals surface area contributed by atoms with Crippen LogP contribution in [0.1, 0.15) is 27.2 Å². The fourth-order valence-corrected chi connectivity index (χ4v) is 3.54. The summed E-state index contributed by atoms with van der Waals surface area (Å²) in [6, 6.07) is 7.71. The maximum Gasteiger partial charge on any atom is 0.193 e. The fourth-order valence-electron chi connectivity index (χ4n) is 3.54. The van der Waals surface area contributed by atoms with Crippen LogP contribution in [-0.2, 0) is 0 Å². The first-order valence-electron chi connectivity index (χ1n) is 10.1. The molecule has 2 atom stereocenters. The van der Waals surface area contributed by atoms with Crippen molar-refractivity contribution in [3.63, 3.8) is 0 Å². The van der Waals surface area contributed by atoms with Crippen molar-refractivity contribution >= 4 is 5.96 Å². The van der Waals surface area contributed by atoms with Gasteiger partial charge in [0.1, 0.15) is 17.6 Å². The standard InChI is InChI=1S/C21H36N4O2/c1-6-24(7-2)15-18-11-12-25(16-18)21(22-4)23-14-17(3)27-20-10-8-9-19(13-20)26-5/h8-10,13,17-18H,6-7,11-12,14-16H2,1-5H3,(H,22,23). The number of hydrogen-bond donors (Lipinski definition) is 1. The lowest BCUT2D eigenvalue weighted by Gasteiger charge is -2.25. The van der Waals surface area contributed by atoms with Gasteiger partial charge in [-0.05, 0) is 44.5 Å². The van der Waals surface area contributed by atoms with Crippen molar-refractivity contribution in [1.82, 2.24) is 15.1 Å². The highest BCUT2D eigenvalue weighted by Gasteiger charge is 2.26. The highest BCUT2D eigenvalue weighted by molar-refractivity contribution is 5.80. The lowest BCUT2D eigenvalue weighted by atomic mass is 10.1. The minimum Gasteiger partial charge on any atom is -0.497 e. The molecule has 1 saturated heterocycles. The van der Waals surface area contributed by atoms with Crippen molar-refractivity contribution in [2.45, 2.75) is 33.3 Å².